The standard InChI is InChI=1S/C29H33BrN4O6S/c1-21(2)18-31-29(36)27(16-22-8-5-4-6-9-22)32(19-23-12-14-24(30)15-13-23)28(35)20-33(41(3,39)40)25-10-7-11-26(17-25)34(37)38/h4-15,17,21,27H,16,18-20H2,1-3H3,(H,31,36)/t27-/m0/s1. The molecule has 0 spiro atoms. The quantitative estimate of drug-likeness (QED) is 0.215. The fourth-order valence-corrected chi connectivity index (χ4v) is 5.24. The molecule has 3 aromatic rings. The smallest absolute Gasteiger partial charge is 0.271 e. The number of anilines is 1. The minimum absolute atomic E-state index is 0.0255. The van der Waals surface area contributed by atoms with E-state index in [1.165, 1.54) is 23.1 Å². The van der Waals surface area contributed by atoms with Crippen LogP contribution in [-0.4, -0.2) is 55.4 Å². The molecule has 0 aliphatic rings. The van der Waals surface area contributed by atoms with Crippen molar-refractivity contribution in [2.24, 2.45) is 5.92 Å². The maximum Gasteiger partial charge on any atom is 0.271 e. The number of hydrogen-bond acceptors (Lipinski definition) is 6. The molecule has 2 amide bonds. The van der Waals surface area contributed by atoms with E-state index in [9.17, 15) is 28.1 Å². The van der Waals surface area contributed by atoms with Crippen molar-refractivity contribution in [2.75, 3.05) is 23.7 Å². The van der Waals surface area contributed by atoms with Crippen molar-refractivity contribution in [3.8, 4) is 0 Å². The molecule has 0 aliphatic heterocycles. The van der Waals surface area contributed by atoms with E-state index in [4.69, 9.17) is 0 Å². The monoisotopic (exact) mass is 644 g/mol. The number of non-ortho nitro benzene ring substituents is 1. The SMILES string of the molecule is CC(C)CNC(=O)[C@H](Cc1ccccc1)N(Cc1ccc(Br)cc1)C(=O)CN(c1cccc([N+](=O)[O-])c1)S(C)(=O)=O. The lowest BCUT2D eigenvalue weighted by Crippen LogP contribution is -2.53. The predicted octanol–water partition coefficient (Wildman–Crippen LogP) is 4.54. The molecule has 1 N–H and O–H groups in total. The first-order valence-corrected chi connectivity index (χ1v) is 15.6. The van der Waals surface area contributed by atoms with Gasteiger partial charge >= 0.3 is 0 Å². The molecule has 41 heavy (non-hydrogen) atoms. The Bertz CT molecular complexity index is 1470. The average molecular weight is 646 g/mol. The second kappa shape index (κ2) is 14.2. The fraction of sp³-hybridized carbons (Fsp3) is 0.310. The van der Waals surface area contributed by atoms with E-state index < -0.39 is 33.4 Å². The predicted molar refractivity (Wildman–Crippen MR) is 162 cm³/mol. The van der Waals surface area contributed by atoms with Gasteiger partial charge < -0.3 is 10.2 Å². The number of nitro benzene ring substituents is 1. The Kier molecular flexibility index (Phi) is 11.0. The zero-order chi connectivity index (χ0) is 30.2. The van der Waals surface area contributed by atoms with Crippen molar-refractivity contribution in [1.29, 1.82) is 0 Å². The molecule has 0 radical (unpaired) electrons. The van der Waals surface area contributed by atoms with Crippen molar-refractivity contribution in [1.82, 2.24) is 10.2 Å². The largest absolute Gasteiger partial charge is 0.354 e. The Balaban J connectivity index is 2.06. The topological polar surface area (TPSA) is 130 Å². The number of nitrogens with one attached hydrogen (secondary N) is 1. The maximum absolute atomic E-state index is 14.0. The molecular formula is C29H33BrN4O6S. The number of sulfonamides is 1. The van der Waals surface area contributed by atoms with Crippen molar-refractivity contribution in [2.45, 2.75) is 32.9 Å². The van der Waals surface area contributed by atoms with Crippen LogP contribution in [0.1, 0.15) is 25.0 Å². The molecule has 3 aromatic carbocycles. The van der Waals surface area contributed by atoms with Crippen molar-refractivity contribution >= 4 is 49.1 Å². The van der Waals surface area contributed by atoms with E-state index in [0.29, 0.717) is 6.54 Å². The zero-order valence-corrected chi connectivity index (χ0v) is 25.5. The van der Waals surface area contributed by atoms with Crippen LogP contribution in [0.4, 0.5) is 11.4 Å². The molecule has 0 saturated carbocycles. The summed E-state index contributed by atoms with van der Waals surface area (Å²) in [6, 6.07) is 20.6. The van der Waals surface area contributed by atoms with Crippen LogP contribution in [0, 0.1) is 16.0 Å². The number of rotatable bonds is 13. The number of benzene rings is 3. The van der Waals surface area contributed by atoms with Crippen LogP contribution >= 0.6 is 15.9 Å². The van der Waals surface area contributed by atoms with E-state index >= 15 is 0 Å². The lowest BCUT2D eigenvalue weighted by molar-refractivity contribution is -0.384. The number of nitro groups is 1. The molecule has 0 aliphatic carbocycles. The van der Waals surface area contributed by atoms with Gasteiger partial charge in [-0.1, -0.05) is 78.3 Å². The second-order valence-electron chi connectivity index (χ2n) is 10.0. The van der Waals surface area contributed by atoms with E-state index in [1.54, 1.807) is 0 Å². The fourth-order valence-electron chi connectivity index (χ4n) is 4.14. The maximum atomic E-state index is 14.0. The van der Waals surface area contributed by atoms with E-state index in [2.05, 4.69) is 21.2 Å². The van der Waals surface area contributed by atoms with Crippen LogP contribution in [0.15, 0.2) is 83.3 Å². The Labute approximate surface area is 248 Å². The van der Waals surface area contributed by atoms with Gasteiger partial charge in [0.1, 0.15) is 12.6 Å². The van der Waals surface area contributed by atoms with E-state index in [1.807, 2.05) is 68.4 Å². The molecule has 1 atom stereocenters. The lowest BCUT2D eigenvalue weighted by Gasteiger charge is -2.33. The molecule has 0 bridgehead atoms. The lowest BCUT2D eigenvalue weighted by atomic mass is 10.0. The van der Waals surface area contributed by atoms with Crippen LogP contribution in [0.3, 0.4) is 0 Å². The van der Waals surface area contributed by atoms with Gasteiger partial charge in [-0.15, -0.1) is 0 Å². The summed E-state index contributed by atoms with van der Waals surface area (Å²) < 4.78 is 27.3. The number of carbonyl (C=O) groups is 2. The summed E-state index contributed by atoms with van der Waals surface area (Å²) in [7, 11) is -4.04. The third-order valence-corrected chi connectivity index (χ3v) is 7.90. The van der Waals surface area contributed by atoms with Crippen LogP contribution in [0.2, 0.25) is 0 Å². The Morgan fingerprint density at radius 1 is 0.976 bits per heavy atom. The first-order chi connectivity index (χ1) is 19.3. The molecule has 0 saturated heterocycles. The van der Waals surface area contributed by atoms with Crippen LogP contribution in [0.5, 0.6) is 0 Å². The summed E-state index contributed by atoms with van der Waals surface area (Å²) in [6.07, 6.45) is 1.12. The minimum Gasteiger partial charge on any atom is -0.354 e. The molecule has 12 heteroatoms. The normalized spacial score (nSPS) is 12.0. The summed E-state index contributed by atoms with van der Waals surface area (Å²) >= 11 is 3.40. The summed E-state index contributed by atoms with van der Waals surface area (Å²) in [5.74, 6) is -0.832. The minimum atomic E-state index is -4.04. The van der Waals surface area contributed by atoms with Crippen LogP contribution < -0.4 is 9.62 Å². The summed E-state index contributed by atoms with van der Waals surface area (Å²) in [5.41, 5.74) is 1.22. The number of nitrogens with zero attached hydrogens (tertiary/aromatic N) is 3. The molecule has 0 fully saturated rings. The van der Waals surface area contributed by atoms with Gasteiger partial charge in [0.05, 0.1) is 16.9 Å². The Hall–Kier alpha value is -3.77. The molecule has 10 nitrogen and oxygen atoms in total. The number of amides is 2. The Morgan fingerprint density at radius 2 is 1.63 bits per heavy atom. The zero-order valence-electron chi connectivity index (χ0n) is 23.1. The number of hydrogen-bond donors (Lipinski definition) is 1. The van der Waals surface area contributed by atoms with Gasteiger partial charge in [0, 0.05) is 36.1 Å². The van der Waals surface area contributed by atoms with Crippen molar-refractivity contribution < 1.29 is 22.9 Å². The van der Waals surface area contributed by atoms with Crippen molar-refractivity contribution in [3.63, 3.8) is 0 Å². The molecular weight excluding hydrogens is 612 g/mol. The van der Waals surface area contributed by atoms with Gasteiger partial charge in [0.2, 0.25) is 21.8 Å². The van der Waals surface area contributed by atoms with Gasteiger partial charge in [-0.25, -0.2) is 8.42 Å². The second-order valence-corrected chi connectivity index (χ2v) is 12.9. The first kappa shape index (κ1) is 31.8. The summed E-state index contributed by atoms with van der Waals surface area (Å²) in [5, 5.41) is 14.3. The highest BCUT2D eigenvalue weighted by molar-refractivity contribution is 9.10. The first-order valence-electron chi connectivity index (χ1n) is 12.9. The highest BCUT2D eigenvalue weighted by Crippen LogP contribution is 2.24. The highest BCUT2D eigenvalue weighted by Gasteiger charge is 2.33. The molecule has 0 unspecified atom stereocenters. The van der Waals surface area contributed by atoms with E-state index in [0.717, 1.165) is 32.2 Å². The third kappa shape index (κ3) is 9.39. The van der Waals surface area contributed by atoms with Crippen molar-refractivity contribution in [3.05, 3.63) is 105 Å². The van der Waals surface area contributed by atoms with Gasteiger partial charge in [0.15, 0.2) is 0 Å². The summed E-state index contributed by atoms with van der Waals surface area (Å²) in [4.78, 5) is 39.7. The van der Waals surface area contributed by atoms with E-state index in [-0.39, 0.29) is 36.2 Å². The van der Waals surface area contributed by atoms with Gasteiger partial charge in [-0.3, -0.25) is 24.0 Å². The average Bonchev–Trinajstić information content (AvgIpc) is 2.93. The van der Waals surface area contributed by atoms with Gasteiger partial charge in [-0.2, -0.15) is 0 Å². The third-order valence-electron chi connectivity index (χ3n) is 6.23. The van der Waals surface area contributed by atoms with Gasteiger partial charge in [-0.05, 0) is 35.2 Å². The molecule has 0 heterocycles. The summed E-state index contributed by atoms with van der Waals surface area (Å²) in [6.45, 7) is 3.69. The van der Waals surface area contributed by atoms with Crippen LogP contribution in [-0.2, 0) is 32.6 Å². The van der Waals surface area contributed by atoms with Crippen LogP contribution in [0.25, 0.3) is 0 Å². The Morgan fingerprint density at radius 3 is 2.22 bits per heavy atom. The highest BCUT2D eigenvalue weighted by atomic mass is 79.9. The molecule has 3 rings (SSSR count). The van der Waals surface area contributed by atoms with Gasteiger partial charge in [0.25, 0.3) is 5.69 Å². The number of carbonyl (C=O) groups excluding carboxylic acids is 2. The molecule has 0 aromatic heterocycles. The number of halogens is 1. The molecule has 218 valence electrons.